The zero-order valence-electron chi connectivity index (χ0n) is 11.6. The first kappa shape index (κ1) is 15.2. The van der Waals surface area contributed by atoms with Crippen molar-refractivity contribution in [1.29, 1.82) is 0 Å². The standard InChI is InChI=1S/C14H18N2O5/c17-11-2-1-6-15-13(11)14(20)16(7-3-12(18)19)10-4-8-21-9-5-10/h1-2,6,10,17H,3-5,7-9H2,(H,18,19). The van der Waals surface area contributed by atoms with Gasteiger partial charge in [-0.15, -0.1) is 0 Å². The van der Waals surface area contributed by atoms with Crippen LogP contribution in [-0.4, -0.2) is 57.8 Å². The van der Waals surface area contributed by atoms with Gasteiger partial charge in [0.05, 0.1) is 6.42 Å². The maximum absolute atomic E-state index is 12.5. The molecule has 1 aromatic heterocycles. The van der Waals surface area contributed by atoms with Gasteiger partial charge in [0.2, 0.25) is 0 Å². The molecule has 7 nitrogen and oxygen atoms in total. The lowest BCUT2D eigenvalue weighted by molar-refractivity contribution is -0.137. The summed E-state index contributed by atoms with van der Waals surface area (Å²) in [6.45, 7) is 1.17. The van der Waals surface area contributed by atoms with E-state index in [1.165, 1.54) is 23.2 Å². The van der Waals surface area contributed by atoms with E-state index in [0.717, 1.165) is 0 Å². The van der Waals surface area contributed by atoms with Crippen LogP contribution >= 0.6 is 0 Å². The number of aliphatic carboxylic acids is 1. The fraction of sp³-hybridized carbons (Fsp3) is 0.500. The number of carboxylic acid groups (broad SMARTS) is 1. The third-order valence-electron chi connectivity index (χ3n) is 3.45. The van der Waals surface area contributed by atoms with Gasteiger partial charge in [0.25, 0.3) is 5.91 Å². The molecule has 7 heteroatoms. The molecule has 0 unspecified atom stereocenters. The summed E-state index contributed by atoms with van der Waals surface area (Å²) in [6.07, 6.45) is 2.58. The largest absolute Gasteiger partial charge is 0.505 e. The van der Waals surface area contributed by atoms with Gasteiger partial charge in [-0.25, -0.2) is 4.98 Å². The second-order valence-corrected chi connectivity index (χ2v) is 4.86. The maximum atomic E-state index is 12.5. The number of carbonyl (C=O) groups excluding carboxylic acids is 1. The van der Waals surface area contributed by atoms with Crippen molar-refractivity contribution in [3.05, 3.63) is 24.0 Å². The van der Waals surface area contributed by atoms with E-state index < -0.39 is 11.9 Å². The predicted octanol–water partition coefficient (Wildman–Crippen LogP) is 0.883. The van der Waals surface area contributed by atoms with E-state index in [2.05, 4.69) is 4.98 Å². The van der Waals surface area contributed by atoms with Crippen LogP contribution in [0.5, 0.6) is 5.75 Å². The molecule has 1 aromatic rings. The second-order valence-electron chi connectivity index (χ2n) is 4.86. The summed E-state index contributed by atoms with van der Waals surface area (Å²) >= 11 is 0. The van der Waals surface area contributed by atoms with Crippen LogP contribution in [0.4, 0.5) is 0 Å². The van der Waals surface area contributed by atoms with Gasteiger partial charge < -0.3 is 19.8 Å². The van der Waals surface area contributed by atoms with Gasteiger partial charge in [-0.05, 0) is 25.0 Å². The highest BCUT2D eigenvalue weighted by Gasteiger charge is 2.29. The number of nitrogens with zero attached hydrogens (tertiary/aromatic N) is 2. The van der Waals surface area contributed by atoms with E-state index in [9.17, 15) is 14.7 Å². The SMILES string of the molecule is O=C(O)CCN(C(=O)c1ncccc1O)C1CCOCC1. The van der Waals surface area contributed by atoms with Gasteiger partial charge in [0, 0.05) is 32.0 Å². The number of hydrogen-bond acceptors (Lipinski definition) is 5. The van der Waals surface area contributed by atoms with Crippen LogP contribution in [0, 0.1) is 0 Å². The summed E-state index contributed by atoms with van der Waals surface area (Å²) in [7, 11) is 0. The molecular formula is C14H18N2O5. The minimum Gasteiger partial charge on any atom is -0.505 e. The number of ether oxygens (including phenoxy) is 1. The molecule has 0 radical (unpaired) electrons. The summed E-state index contributed by atoms with van der Waals surface area (Å²) in [6, 6.07) is 2.83. The molecule has 1 saturated heterocycles. The molecule has 2 heterocycles. The van der Waals surface area contributed by atoms with E-state index in [1.807, 2.05) is 0 Å². The van der Waals surface area contributed by atoms with E-state index >= 15 is 0 Å². The van der Waals surface area contributed by atoms with Crippen molar-refractivity contribution in [1.82, 2.24) is 9.88 Å². The quantitative estimate of drug-likeness (QED) is 0.836. The molecule has 2 rings (SSSR count). The number of hydrogen-bond donors (Lipinski definition) is 2. The minimum atomic E-state index is -0.967. The smallest absolute Gasteiger partial charge is 0.305 e. The van der Waals surface area contributed by atoms with Crippen molar-refractivity contribution in [2.24, 2.45) is 0 Å². The Labute approximate surface area is 122 Å². The Hall–Kier alpha value is -2.15. The van der Waals surface area contributed by atoms with Crippen molar-refractivity contribution in [2.75, 3.05) is 19.8 Å². The molecule has 1 fully saturated rings. The normalized spacial score (nSPS) is 15.6. The predicted molar refractivity (Wildman–Crippen MR) is 73.0 cm³/mol. The van der Waals surface area contributed by atoms with Crippen molar-refractivity contribution in [3.63, 3.8) is 0 Å². The fourth-order valence-corrected chi connectivity index (χ4v) is 2.36. The number of pyridine rings is 1. The first-order valence-corrected chi connectivity index (χ1v) is 6.84. The molecule has 1 aliphatic heterocycles. The highest BCUT2D eigenvalue weighted by atomic mass is 16.5. The molecule has 0 aliphatic carbocycles. The summed E-state index contributed by atoms with van der Waals surface area (Å²) in [5, 5.41) is 18.6. The molecular weight excluding hydrogens is 276 g/mol. The Morgan fingerprint density at radius 1 is 1.38 bits per heavy atom. The molecule has 21 heavy (non-hydrogen) atoms. The summed E-state index contributed by atoms with van der Waals surface area (Å²) < 4.78 is 5.27. The number of amides is 1. The summed E-state index contributed by atoms with van der Waals surface area (Å²) in [5.41, 5.74) is -0.0469. The number of carboxylic acids is 1. The number of rotatable bonds is 5. The molecule has 114 valence electrons. The molecule has 0 aromatic carbocycles. The van der Waals surface area contributed by atoms with E-state index in [1.54, 1.807) is 0 Å². The van der Waals surface area contributed by atoms with Gasteiger partial charge in [-0.3, -0.25) is 9.59 Å². The minimum absolute atomic E-state index is 0.0469. The summed E-state index contributed by atoms with van der Waals surface area (Å²) in [5.74, 6) is -1.61. The molecule has 1 amide bonds. The number of carbonyl (C=O) groups is 2. The third kappa shape index (κ3) is 3.91. The van der Waals surface area contributed by atoms with E-state index in [4.69, 9.17) is 9.84 Å². The topological polar surface area (TPSA) is 100.0 Å². The van der Waals surface area contributed by atoms with Crippen LogP contribution in [-0.2, 0) is 9.53 Å². The molecule has 2 N–H and O–H groups in total. The summed E-state index contributed by atoms with van der Waals surface area (Å²) in [4.78, 5) is 28.7. The molecule has 1 aliphatic rings. The van der Waals surface area contributed by atoms with Gasteiger partial charge in [0.1, 0.15) is 5.75 Å². The van der Waals surface area contributed by atoms with Crippen LogP contribution in [0.3, 0.4) is 0 Å². The Morgan fingerprint density at radius 2 is 2.10 bits per heavy atom. The first-order chi connectivity index (χ1) is 10.1. The Morgan fingerprint density at radius 3 is 2.71 bits per heavy atom. The molecule has 0 spiro atoms. The zero-order chi connectivity index (χ0) is 15.2. The van der Waals surface area contributed by atoms with Crippen molar-refractivity contribution >= 4 is 11.9 Å². The number of aromatic hydroxyl groups is 1. The van der Waals surface area contributed by atoms with Crippen LogP contribution in [0.15, 0.2) is 18.3 Å². The third-order valence-corrected chi connectivity index (χ3v) is 3.45. The van der Waals surface area contributed by atoms with Gasteiger partial charge >= 0.3 is 5.97 Å². The molecule has 0 atom stereocenters. The number of aromatic nitrogens is 1. The van der Waals surface area contributed by atoms with Crippen LogP contribution < -0.4 is 0 Å². The molecule has 0 saturated carbocycles. The average Bonchev–Trinajstić information content (AvgIpc) is 2.48. The van der Waals surface area contributed by atoms with Gasteiger partial charge in [-0.2, -0.15) is 0 Å². The Kier molecular flexibility index (Phi) is 5.10. The first-order valence-electron chi connectivity index (χ1n) is 6.84. The molecule has 0 bridgehead atoms. The van der Waals surface area contributed by atoms with Crippen molar-refractivity contribution in [3.8, 4) is 5.75 Å². The van der Waals surface area contributed by atoms with Crippen molar-refractivity contribution < 1.29 is 24.5 Å². The van der Waals surface area contributed by atoms with Crippen LogP contribution in [0.25, 0.3) is 0 Å². The lowest BCUT2D eigenvalue weighted by Gasteiger charge is -2.34. The average molecular weight is 294 g/mol. The van der Waals surface area contributed by atoms with E-state index in [-0.39, 0.29) is 30.5 Å². The van der Waals surface area contributed by atoms with Gasteiger partial charge in [0.15, 0.2) is 5.69 Å². The van der Waals surface area contributed by atoms with Gasteiger partial charge in [-0.1, -0.05) is 0 Å². The Balaban J connectivity index is 2.18. The fourth-order valence-electron chi connectivity index (χ4n) is 2.36. The monoisotopic (exact) mass is 294 g/mol. The van der Waals surface area contributed by atoms with Crippen molar-refractivity contribution in [2.45, 2.75) is 25.3 Å². The second kappa shape index (κ2) is 7.03. The van der Waals surface area contributed by atoms with E-state index in [0.29, 0.717) is 26.1 Å². The lowest BCUT2D eigenvalue weighted by atomic mass is 10.1. The maximum Gasteiger partial charge on any atom is 0.305 e. The Bertz CT molecular complexity index is 514. The highest BCUT2D eigenvalue weighted by molar-refractivity contribution is 5.95. The van der Waals surface area contributed by atoms with Crippen LogP contribution in [0.2, 0.25) is 0 Å². The highest BCUT2D eigenvalue weighted by Crippen LogP contribution is 2.21. The van der Waals surface area contributed by atoms with Crippen LogP contribution in [0.1, 0.15) is 29.8 Å². The lowest BCUT2D eigenvalue weighted by Crippen LogP contribution is -2.44. The zero-order valence-corrected chi connectivity index (χ0v) is 11.6.